The van der Waals surface area contributed by atoms with Gasteiger partial charge < -0.3 is 10.1 Å². The summed E-state index contributed by atoms with van der Waals surface area (Å²) in [6.45, 7) is 2.13. The standard InChI is InChI=1S/C29H29BrN2O3/c1-19-8-13-26-24(16-19)29(21-9-11-22(30)12-10-21)25(18-28(35-29)14-3-2-4-15-28)27(31-26)20-6-5-7-23(17-20)32(33)34/h5-13,16-17,25,27,31H,2-4,14-15,18H2,1H3/t25-,27-,29+/m0/s1. The first-order valence-electron chi connectivity index (χ1n) is 12.5. The summed E-state index contributed by atoms with van der Waals surface area (Å²) in [5.41, 5.74) is 4.82. The van der Waals surface area contributed by atoms with Gasteiger partial charge in [0.1, 0.15) is 5.60 Å². The molecule has 35 heavy (non-hydrogen) atoms. The maximum atomic E-state index is 11.6. The summed E-state index contributed by atoms with van der Waals surface area (Å²) < 4.78 is 8.46. The molecule has 1 N–H and O–H groups in total. The van der Waals surface area contributed by atoms with Crippen LogP contribution in [0.15, 0.2) is 71.2 Å². The quantitative estimate of drug-likeness (QED) is 0.276. The van der Waals surface area contributed by atoms with Gasteiger partial charge in [0, 0.05) is 33.8 Å². The highest BCUT2D eigenvalue weighted by Crippen LogP contribution is 2.63. The van der Waals surface area contributed by atoms with Crippen LogP contribution >= 0.6 is 15.9 Å². The second kappa shape index (κ2) is 8.45. The number of non-ortho nitro benzene ring substituents is 1. The number of ether oxygens (including phenoxy) is 1. The first-order valence-corrected chi connectivity index (χ1v) is 13.3. The smallest absolute Gasteiger partial charge is 0.269 e. The van der Waals surface area contributed by atoms with Crippen molar-refractivity contribution < 1.29 is 9.66 Å². The van der Waals surface area contributed by atoms with E-state index in [-0.39, 0.29) is 28.2 Å². The molecule has 0 radical (unpaired) electrons. The lowest BCUT2D eigenvalue weighted by atomic mass is 9.66. The van der Waals surface area contributed by atoms with Gasteiger partial charge in [0.15, 0.2) is 0 Å². The molecule has 180 valence electrons. The lowest BCUT2D eigenvalue weighted by Gasteiger charge is -2.46. The van der Waals surface area contributed by atoms with Gasteiger partial charge in [0.05, 0.1) is 16.6 Å². The summed E-state index contributed by atoms with van der Waals surface area (Å²) in [6, 6.07) is 22.1. The molecular formula is C29H29BrN2O3. The predicted octanol–water partition coefficient (Wildman–Crippen LogP) is 7.82. The van der Waals surface area contributed by atoms with Crippen molar-refractivity contribution in [3.05, 3.63) is 104 Å². The van der Waals surface area contributed by atoms with Gasteiger partial charge in [-0.05, 0) is 55.5 Å². The minimum absolute atomic E-state index is 0.0954. The van der Waals surface area contributed by atoms with Crippen LogP contribution in [0.4, 0.5) is 11.4 Å². The number of aryl methyl sites for hydroxylation is 1. The SMILES string of the molecule is Cc1ccc2c(c1)[C@@]1(c3ccc(Br)cc3)OC3(CCCCC3)C[C@H]1[C@H](c1cccc([N+](=O)[O-])c1)N2. The second-order valence-corrected chi connectivity index (χ2v) is 11.3. The Morgan fingerprint density at radius 3 is 2.54 bits per heavy atom. The molecule has 0 unspecified atom stereocenters. The molecule has 2 heterocycles. The molecule has 1 spiro atoms. The van der Waals surface area contributed by atoms with Gasteiger partial charge in [-0.25, -0.2) is 0 Å². The Morgan fingerprint density at radius 2 is 1.80 bits per heavy atom. The Morgan fingerprint density at radius 1 is 1.03 bits per heavy atom. The fourth-order valence-electron chi connectivity index (χ4n) is 6.75. The van der Waals surface area contributed by atoms with Gasteiger partial charge in [-0.15, -0.1) is 0 Å². The molecule has 3 aromatic rings. The Bertz CT molecular complexity index is 1290. The van der Waals surface area contributed by atoms with Crippen molar-refractivity contribution in [2.24, 2.45) is 5.92 Å². The van der Waals surface area contributed by atoms with Crippen LogP contribution in [0, 0.1) is 23.0 Å². The fourth-order valence-corrected chi connectivity index (χ4v) is 7.01. The summed E-state index contributed by atoms with van der Waals surface area (Å²) in [4.78, 5) is 11.3. The van der Waals surface area contributed by atoms with Crippen molar-refractivity contribution in [1.29, 1.82) is 0 Å². The van der Waals surface area contributed by atoms with E-state index in [2.05, 4.69) is 70.6 Å². The third-order valence-corrected chi connectivity index (χ3v) is 8.79. The summed E-state index contributed by atoms with van der Waals surface area (Å²) in [5.74, 6) is 0.0954. The van der Waals surface area contributed by atoms with Crippen molar-refractivity contribution in [2.75, 3.05) is 5.32 Å². The lowest BCUT2D eigenvalue weighted by molar-refractivity contribution is -0.384. The molecule has 0 amide bonds. The Hall–Kier alpha value is -2.70. The van der Waals surface area contributed by atoms with Gasteiger partial charge in [-0.1, -0.05) is 77.2 Å². The Labute approximate surface area is 214 Å². The number of rotatable bonds is 3. The molecule has 3 aliphatic rings. The van der Waals surface area contributed by atoms with Gasteiger partial charge in [0.2, 0.25) is 0 Å². The number of halogens is 1. The third kappa shape index (κ3) is 3.69. The number of fused-ring (bicyclic) bond motifs is 3. The number of nitro benzene ring substituents is 1. The molecule has 3 aromatic carbocycles. The maximum absolute atomic E-state index is 11.6. The van der Waals surface area contributed by atoms with Crippen LogP contribution in [0.1, 0.15) is 66.8 Å². The zero-order valence-electron chi connectivity index (χ0n) is 19.8. The highest BCUT2D eigenvalue weighted by Gasteiger charge is 2.62. The van der Waals surface area contributed by atoms with Gasteiger partial charge in [0.25, 0.3) is 5.69 Å². The van der Waals surface area contributed by atoms with Gasteiger partial charge >= 0.3 is 0 Å². The highest BCUT2D eigenvalue weighted by atomic mass is 79.9. The summed E-state index contributed by atoms with van der Waals surface area (Å²) >= 11 is 3.61. The van der Waals surface area contributed by atoms with Crippen molar-refractivity contribution in [1.82, 2.24) is 0 Å². The van der Waals surface area contributed by atoms with E-state index < -0.39 is 5.60 Å². The number of nitrogens with one attached hydrogen (secondary N) is 1. The van der Waals surface area contributed by atoms with E-state index in [1.807, 2.05) is 6.07 Å². The monoisotopic (exact) mass is 532 g/mol. The normalized spacial score (nSPS) is 26.6. The second-order valence-electron chi connectivity index (χ2n) is 10.4. The molecule has 3 atom stereocenters. The average molecular weight is 533 g/mol. The molecule has 6 heteroatoms. The molecule has 1 saturated carbocycles. The molecule has 0 aromatic heterocycles. The molecule has 2 aliphatic heterocycles. The molecular weight excluding hydrogens is 504 g/mol. The van der Waals surface area contributed by atoms with Crippen LogP contribution < -0.4 is 5.32 Å². The molecule has 0 bridgehead atoms. The van der Waals surface area contributed by atoms with Crippen molar-refractivity contribution in [3.8, 4) is 0 Å². The van der Waals surface area contributed by atoms with E-state index in [1.165, 1.54) is 30.4 Å². The number of hydrogen-bond donors (Lipinski definition) is 1. The molecule has 2 fully saturated rings. The summed E-state index contributed by atoms with van der Waals surface area (Å²) in [5, 5.41) is 15.4. The maximum Gasteiger partial charge on any atom is 0.269 e. The van der Waals surface area contributed by atoms with Crippen LogP contribution in [-0.2, 0) is 10.3 Å². The number of anilines is 1. The van der Waals surface area contributed by atoms with Crippen LogP contribution in [0.25, 0.3) is 0 Å². The number of nitro groups is 1. The minimum atomic E-state index is -0.625. The molecule has 6 rings (SSSR count). The minimum Gasteiger partial charge on any atom is -0.377 e. The van der Waals surface area contributed by atoms with E-state index in [0.29, 0.717) is 0 Å². The zero-order valence-corrected chi connectivity index (χ0v) is 21.4. The van der Waals surface area contributed by atoms with Crippen LogP contribution in [0.3, 0.4) is 0 Å². The van der Waals surface area contributed by atoms with Crippen LogP contribution in [0.2, 0.25) is 0 Å². The lowest BCUT2D eigenvalue weighted by Crippen LogP contribution is -2.44. The van der Waals surface area contributed by atoms with E-state index in [0.717, 1.165) is 40.5 Å². The zero-order chi connectivity index (χ0) is 24.2. The van der Waals surface area contributed by atoms with E-state index >= 15 is 0 Å². The van der Waals surface area contributed by atoms with Crippen molar-refractivity contribution in [2.45, 2.75) is 62.7 Å². The first kappa shape index (κ1) is 22.7. The number of hydrogen-bond acceptors (Lipinski definition) is 4. The van der Waals surface area contributed by atoms with Crippen LogP contribution in [0.5, 0.6) is 0 Å². The van der Waals surface area contributed by atoms with Gasteiger partial charge in [-0.3, -0.25) is 10.1 Å². The number of nitrogens with zero attached hydrogens (tertiary/aromatic N) is 1. The highest BCUT2D eigenvalue weighted by molar-refractivity contribution is 9.10. The Balaban J connectivity index is 1.60. The molecule has 5 nitrogen and oxygen atoms in total. The largest absolute Gasteiger partial charge is 0.377 e. The van der Waals surface area contributed by atoms with Crippen molar-refractivity contribution >= 4 is 27.3 Å². The summed E-state index contributed by atoms with van der Waals surface area (Å²) in [7, 11) is 0. The fraction of sp³-hybridized carbons (Fsp3) is 0.379. The Kier molecular flexibility index (Phi) is 5.49. The van der Waals surface area contributed by atoms with E-state index in [4.69, 9.17) is 4.74 Å². The van der Waals surface area contributed by atoms with E-state index in [9.17, 15) is 10.1 Å². The first-order chi connectivity index (χ1) is 16.9. The summed E-state index contributed by atoms with van der Waals surface area (Å²) in [6.07, 6.45) is 6.66. The number of benzene rings is 3. The predicted molar refractivity (Wildman–Crippen MR) is 141 cm³/mol. The molecule has 1 aliphatic carbocycles. The van der Waals surface area contributed by atoms with Crippen LogP contribution in [-0.4, -0.2) is 10.5 Å². The van der Waals surface area contributed by atoms with E-state index in [1.54, 1.807) is 18.2 Å². The van der Waals surface area contributed by atoms with Gasteiger partial charge in [-0.2, -0.15) is 0 Å². The third-order valence-electron chi connectivity index (χ3n) is 8.26. The molecule has 1 saturated heterocycles. The van der Waals surface area contributed by atoms with Crippen molar-refractivity contribution in [3.63, 3.8) is 0 Å². The topological polar surface area (TPSA) is 64.4 Å². The average Bonchev–Trinajstić information content (AvgIpc) is 3.20.